The number of aromatic amines is 1. The zero-order valence-electron chi connectivity index (χ0n) is 14.2. The quantitative estimate of drug-likeness (QED) is 0.446. The molecular weight excluding hydrogens is 328 g/mol. The third kappa shape index (κ3) is 2.73. The number of nitrogens with one attached hydrogen (secondary N) is 1. The Bertz CT molecular complexity index is 1130. The molecule has 26 heavy (non-hydrogen) atoms. The molecule has 4 rings (SSSR count). The van der Waals surface area contributed by atoms with Gasteiger partial charge in [-0.15, -0.1) is 0 Å². The molecule has 128 valence electrons. The van der Waals surface area contributed by atoms with Gasteiger partial charge in [-0.05, 0) is 31.2 Å². The Morgan fingerprint density at radius 3 is 2.50 bits per heavy atom. The molecule has 2 aromatic carbocycles. The third-order valence-electron chi connectivity index (χ3n) is 4.27. The number of benzene rings is 2. The summed E-state index contributed by atoms with van der Waals surface area (Å²) in [4.78, 5) is 32.1. The van der Waals surface area contributed by atoms with Crippen molar-refractivity contribution in [1.29, 1.82) is 0 Å². The number of ether oxygens (including phenoxy) is 1. The van der Waals surface area contributed by atoms with Crippen LogP contribution in [-0.4, -0.2) is 28.3 Å². The standard InChI is InChI=1S/C21H16N2O3/c1-2-26-21(25)18-11-16-15-10-14(20(24)13-6-4-3-5-7-13)8-9-17(15)23-19(16)12-22-18/h3-12,23H,2H2,1H3. The average Bonchev–Trinajstić information content (AvgIpc) is 3.05. The van der Waals surface area contributed by atoms with E-state index in [4.69, 9.17) is 4.74 Å². The topological polar surface area (TPSA) is 72.0 Å². The van der Waals surface area contributed by atoms with Crippen molar-refractivity contribution in [3.8, 4) is 0 Å². The molecule has 2 aromatic heterocycles. The minimum atomic E-state index is -0.458. The van der Waals surface area contributed by atoms with Crippen molar-refractivity contribution in [3.05, 3.63) is 77.6 Å². The van der Waals surface area contributed by atoms with Gasteiger partial charge >= 0.3 is 5.97 Å². The monoisotopic (exact) mass is 344 g/mol. The maximum atomic E-state index is 12.7. The number of fused-ring (bicyclic) bond motifs is 3. The summed E-state index contributed by atoms with van der Waals surface area (Å²) in [5.74, 6) is -0.498. The number of hydrogen-bond donors (Lipinski definition) is 1. The fourth-order valence-electron chi connectivity index (χ4n) is 3.01. The van der Waals surface area contributed by atoms with E-state index in [9.17, 15) is 9.59 Å². The van der Waals surface area contributed by atoms with Gasteiger partial charge in [0, 0.05) is 27.4 Å². The molecule has 0 spiro atoms. The van der Waals surface area contributed by atoms with Crippen molar-refractivity contribution in [1.82, 2.24) is 9.97 Å². The van der Waals surface area contributed by atoms with E-state index in [2.05, 4.69) is 9.97 Å². The van der Waals surface area contributed by atoms with Gasteiger partial charge in [0.25, 0.3) is 0 Å². The number of carbonyl (C=O) groups is 2. The summed E-state index contributed by atoms with van der Waals surface area (Å²) in [5.41, 5.74) is 3.17. The van der Waals surface area contributed by atoms with E-state index >= 15 is 0 Å². The second-order valence-corrected chi connectivity index (χ2v) is 5.92. The van der Waals surface area contributed by atoms with Crippen molar-refractivity contribution < 1.29 is 14.3 Å². The molecule has 0 atom stereocenters. The number of carbonyl (C=O) groups excluding carboxylic acids is 2. The zero-order chi connectivity index (χ0) is 18.1. The average molecular weight is 344 g/mol. The Labute approximate surface area is 149 Å². The lowest BCUT2D eigenvalue weighted by atomic mass is 10.0. The van der Waals surface area contributed by atoms with Gasteiger partial charge in [-0.1, -0.05) is 30.3 Å². The molecule has 1 N–H and O–H groups in total. The molecule has 0 aliphatic carbocycles. The van der Waals surface area contributed by atoms with E-state index in [1.165, 1.54) is 0 Å². The van der Waals surface area contributed by atoms with Crippen molar-refractivity contribution in [2.45, 2.75) is 6.92 Å². The number of ketones is 1. The van der Waals surface area contributed by atoms with Crippen LogP contribution in [0.4, 0.5) is 0 Å². The molecule has 0 bridgehead atoms. The van der Waals surface area contributed by atoms with Crippen LogP contribution in [-0.2, 0) is 4.74 Å². The fraction of sp³-hybridized carbons (Fsp3) is 0.0952. The summed E-state index contributed by atoms with van der Waals surface area (Å²) < 4.78 is 5.02. The first kappa shape index (κ1) is 16.0. The summed E-state index contributed by atoms with van der Waals surface area (Å²) in [7, 11) is 0. The molecule has 0 radical (unpaired) electrons. The number of H-pyrrole nitrogens is 1. The fourth-order valence-corrected chi connectivity index (χ4v) is 3.01. The first-order valence-electron chi connectivity index (χ1n) is 8.35. The SMILES string of the molecule is CCOC(=O)c1cc2c(cn1)[nH]c1ccc(C(=O)c3ccccc3)cc12. The van der Waals surface area contributed by atoms with Gasteiger partial charge in [-0.25, -0.2) is 9.78 Å². The number of nitrogens with zero attached hydrogens (tertiary/aromatic N) is 1. The third-order valence-corrected chi connectivity index (χ3v) is 4.27. The van der Waals surface area contributed by atoms with Crippen molar-refractivity contribution in [2.75, 3.05) is 6.61 Å². The molecule has 0 aliphatic heterocycles. The summed E-state index contributed by atoms with van der Waals surface area (Å²) in [6.07, 6.45) is 1.61. The number of rotatable bonds is 4. The highest BCUT2D eigenvalue weighted by atomic mass is 16.5. The van der Waals surface area contributed by atoms with E-state index in [0.29, 0.717) is 17.7 Å². The normalized spacial score (nSPS) is 11.0. The lowest BCUT2D eigenvalue weighted by Crippen LogP contribution is -2.06. The summed E-state index contributed by atoms with van der Waals surface area (Å²) >= 11 is 0. The van der Waals surface area contributed by atoms with Crippen LogP contribution in [0.25, 0.3) is 21.8 Å². The van der Waals surface area contributed by atoms with Gasteiger partial charge in [0.05, 0.1) is 18.3 Å². The smallest absolute Gasteiger partial charge is 0.356 e. The Balaban J connectivity index is 1.83. The van der Waals surface area contributed by atoms with Crippen molar-refractivity contribution in [3.63, 3.8) is 0 Å². The van der Waals surface area contributed by atoms with E-state index in [-0.39, 0.29) is 11.5 Å². The van der Waals surface area contributed by atoms with E-state index < -0.39 is 5.97 Å². The van der Waals surface area contributed by atoms with Gasteiger partial charge in [0.1, 0.15) is 5.69 Å². The van der Waals surface area contributed by atoms with Gasteiger partial charge in [-0.2, -0.15) is 0 Å². The summed E-state index contributed by atoms with van der Waals surface area (Å²) in [6.45, 7) is 2.05. The first-order chi connectivity index (χ1) is 12.7. The molecule has 0 aliphatic rings. The van der Waals surface area contributed by atoms with Crippen molar-refractivity contribution >= 4 is 33.6 Å². The molecule has 5 nitrogen and oxygen atoms in total. The largest absolute Gasteiger partial charge is 0.461 e. The molecule has 0 unspecified atom stereocenters. The van der Waals surface area contributed by atoms with Crippen LogP contribution < -0.4 is 0 Å². The second-order valence-electron chi connectivity index (χ2n) is 5.92. The van der Waals surface area contributed by atoms with Gasteiger partial charge in [-0.3, -0.25) is 4.79 Å². The van der Waals surface area contributed by atoms with Gasteiger partial charge < -0.3 is 9.72 Å². The predicted molar refractivity (Wildman–Crippen MR) is 99.4 cm³/mol. The Morgan fingerprint density at radius 1 is 0.962 bits per heavy atom. The molecule has 4 aromatic rings. The van der Waals surface area contributed by atoms with E-state index in [0.717, 1.165) is 21.8 Å². The highest BCUT2D eigenvalue weighted by Crippen LogP contribution is 2.27. The lowest BCUT2D eigenvalue weighted by molar-refractivity contribution is 0.0519. The van der Waals surface area contributed by atoms with Gasteiger partial charge in [0.15, 0.2) is 5.78 Å². The van der Waals surface area contributed by atoms with Crippen LogP contribution >= 0.6 is 0 Å². The Morgan fingerprint density at radius 2 is 1.73 bits per heavy atom. The lowest BCUT2D eigenvalue weighted by Gasteiger charge is -2.02. The van der Waals surface area contributed by atoms with Gasteiger partial charge in [0.2, 0.25) is 0 Å². The molecule has 0 saturated heterocycles. The molecule has 0 amide bonds. The van der Waals surface area contributed by atoms with Crippen LogP contribution in [0.1, 0.15) is 33.3 Å². The van der Waals surface area contributed by atoms with E-state index in [1.807, 2.05) is 30.3 Å². The molecule has 2 heterocycles. The van der Waals surface area contributed by atoms with Crippen LogP contribution in [0.15, 0.2) is 60.8 Å². The maximum Gasteiger partial charge on any atom is 0.356 e. The van der Waals surface area contributed by atoms with Crippen LogP contribution in [0, 0.1) is 0 Å². The second kappa shape index (κ2) is 6.44. The highest BCUT2D eigenvalue weighted by Gasteiger charge is 2.14. The predicted octanol–water partition coefficient (Wildman–Crippen LogP) is 4.12. The number of pyridine rings is 1. The Hall–Kier alpha value is -3.47. The van der Waals surface area contributed by atoms with Crippen LogP contribution in [0.3, 0.4) is 0 Å². The van der Waals surface area contributed by atoms with Crippen molar-refractivity contribution in [2.24, 2.45) is 0 Å². The molecule has 0 saturated carbocycles. The molecule has 0 fully saturated rings. The molecule has 5 heteroatoms. The zero-order valence-corrected chi connectivity index (χ0v) is 14.2. The van der Waals surface area contributed by atoms with E-state index in [1.54, 1.807) is 37.4 Å². The minimum absolute atomic E-state index is 0.0403. The number of esters is 1. The minimum Gasteiger partial charge on any atom is -0.461 e. The number of aromatic nitrogens is 2. The summed E-state index contributed by atoms with van der Waals surface area (Å²) in [5, 5.41) is 1.70. The van der Waals surface area contributed by atoms with Crippen LogP contribution in [0.5, 0.6) is 0 Å². The maximum absolute atomic E-state index is 12.7. The summed E-state index contributed by atoms with van der Waals surface area (Å²) in [6, 6.07) is 16.4. The Kier molecular flexibility index (Phi) is 3.97. The number of hydrogen-bond acceptors (Lipinski definition) is 4. The molecular formula is C21H16N2O3. The highest BCUT2D eigenvalue weighted by molar-refractivity contribution is 6.14. The van der Waals surface area contributed by atoms with Crippen LogP contribution in [0.2, 0.25) is 0 Å². The first-order valence-corrected chi connectivity index (χ1v) is 8.35.